The van der Waals surface area contributed by atoms with Crippen LogP contribution in [0.15, 0.2) is 17.1 Å². The first kappa shape index (κ1) is 17.8. The molecule has 1 aliphatic carbocycles. The Morgan fingerprint density at radius 1 is 1.43 bits per heavy atom. The van der Waals surface area contributed by atoms with E-state index in [-0.39, 0.29) is 24.0 Å². The second-order valence-electron chi connectivity index (χ2n) is 5.95. The Labute approximate surface area is 162 Å². The van der Waals surface area contributed by atoms with Crippen LogP contribution in [0.1, 0.15) is 30.6 Å². The van der Waals surface area contributed by atoms with E-state index in [1.54, 1.807) is 0 Å². The normalized spacial score (nSPS) is 20.3. The van der Waals surface area contributed by atoms with Crippen molar-refractivity contribution in [2.45, 2.75) is 32.1 Å². The van der Waals surface area contributed by atoms with Gasteiger partial charge in [-0.3, -0.25) is 4.99 Å². The second kappa shape index (κ2) is 7.81. The first-order chi connectivity index (χ1) is 9.71. The van der Waals surface area contributed by atoms with Crippen LogP contribution in [0.4, 0.5) is 0 Å². The molecule has 0 bridgehead atoms. The van der Waals surface area contributed by atoms with E-state index in [0.29, 0.717) is 5.41 Å². The lowest BCUT2D eigenvalue weighted by Crippen LogP contribution is -2.43. The number of thiophene rings is 1. The van der Waals surface area contributed by atoms with Crippen LogP contribution < -0.4 is 5.32 Å². The number of halogens is 2. The molecule has 0 radical (unpaired) electrons. The summed E-state index contributed by atoms with van der Waals surface area (Å²) in [5.41, 5.74) is 0.640. The highest BCUT2D eigenvalue weighted by molar-refractivity contribution is 14.1. The van der Waals surface area contributed by atoms with Crippen LogP contribution in [0.5, 0.6) is 0 Å². The van der Waals surface area contributed by atoms with Crippen LogP contribution >= 0.6 is 57.9 Å². The summed E-state index contributed by atoms with van der Waals surface area (Å²) < 4.78 is 1.37. The van der Waals surface area contributed by atoms with Gasteiger partial charge in [-0.05, 0) is 65.8 Å². The van der Waals surface area contributed by atoms with Crippen molar-refractivity contribution in [3.63, 3.8) is 0 Å². The molecule has 1 N–H and O–H groups in total. The maximum Gasteiger partial charge on any atom is 0.193 e. The van der Waals surface area contributed by atoms with Gasteiger partial charge in [0.05, 0.1) is 2.88 Å². The van der Waals surface area contributed by atoms with Crippen molar-refractivity contribution >= 4 is 63.9 Å². The molecule has 0 aromatic carbocycles. The molecule has 1 aromatic rings. The number of hydrogen-bond donors (Lipinski definition) is 1. The first-order valence-corrected chi connectivity index (χ1v) is 9.30. The zero-order chi connectivity index (χ0) is 14.0. The average molecular weight is 531 g/mol. The van der Waals surface area contributed by atoms with E-state index in [4.69, 9.17) is 0 Å². The largest absolute Gasteiger partial charge is 0.356 e. The molecule has 2 heterocycles. The van der Waals surface area contributed by atoms with Gasteiger partial charge in [0.15, 0.2) is 5.96 Å². The predicted octanol–water partition coefficient (Wildman–Crippen LogP) is 3.96. The van der Waals surface area contributed by atoms with Gasteiger partial charge in [0.2, 0.25) is 0 Å². The van der Waals surface area contributed by atoms with E-state index in [2.05, 4.69) is 49.9 Å². The molecular weight excluding hydrogens is 508 g/mol. The van der Waals surface area contributed by atoms with Crippen LogP contribution in [0.2, 0.25) is 0 Å². The molecule has 21 heavy (non-hydrogen) atoms. The Kier molecular flexibility index (Phi) is 6.61. The van der Waals surface area contributed by atoms with Crippen molar-refractivity contribution in [2.24, 2.45) is 10.4 Å². The number of likely N-dealkylation sites (tertiary alicyclic amines) is 1. The third-order valence-electron chi connectivity index (χ3n) is 4.65. The van der Waals surface area contributed by atoms with Gasteiger partial charge in [0, 0.05) is 31.6 Å². The van der Waals surface area contributed by atoms with Crippen LogP contribution in [-0.2, 0) is 6.42 Å². The zero-order valence-electron chi connectivity index (χ0n) is 12.4. The van der Waals surface area contributed by atoms with Crippen LogP contribution in [0, 0.1) is 8.30 Å². The molecule has 3 rings (SSSR count). The Morgan fingerprint density at radius 3 is 2.76 bits per heavy atom. The molecule has 1 saturated heterocycles. The van der Waals surface area contributed by atoms with Gasteiger partial charge in [-0.1, -0.05) is 6.42 Å². The first-order valence-electron chi connectivity index (χ1n) is 7.41. The summed E-state index contributed by atoms with van der Waals surface area (Å²) in [4.78, 5) is 8.37. The molecule has 3 nitrogen and oxygen atoms in total. The number of guanidine groups is 1. The number of nitrogens with zero attached hydrogens (tertiary/aromatic N) is 2. The lowest BCUT2D eigenvalue weighted by atomic mass is 9.68. The molecule has 1 aliphatic heterocycles. The van der Waals surface area contributed by atoms with E-state index in [1.807, 2.05) is 18.4 Å². The molecule has 118 valence electrons. The minimum Gasteiger partial charge on any atom is -0.356 e. The molecule has 0 unspecified atom stereocenters. The Hall–Kier alpha value is 0.430. The van der Waals surface area contributed by atoms with Crippen molar-refractivity contribution in [2.75, 3.05) is 26.7 Å². The second-order valence-corrected chi connectivity index (χ2v) is 9.02. The maximum absolute atomic E-state index is 4.46. The molecule has 1 saturated carbocycles. The van der Waals surface area contributed by atoms with Crippen molar-refractivity contribution in [3.05, 3.63) is 19.9 Å². The van der Waals surface area contributed by atoms with Crippen molar-refractivity contribution in [3.8, 4) is 0 Å². The highest BCUT2D eigenvalue weighted by Crippen LogP contribution is 2.47. The van der Waals surface area contributed by atoms with Gasteiger partial charge in [-0.25, -0.2) is 0 Å². The van der Waals surface area contributed by atoms with Gasteiger partial charge < -0.3 is 10.2 Å². The summed E-state index contributed by atoms with van der Waals surface area (Å²) in [6.07, 6.45) is 6.72. The van der Waals surface area contributed by atoms with Crippen LogP contribution in [0.3, 0.4) is 0 Å². The third-order valence-corrected chi connectivity index (χ3v) is 6.60. The fourth-order valence-corrected chi connectivity index (χ4v) is 5.07. The van der Waals surface area contributed by atoms with Gasteiger partial charge in [0.25, 0.3) is 0 Å². The Balaban J connectivity index is 0.00000161. The highest BCUT2D eigenvalue weighted by Gasteiger charge is 2.43. The molecule has 2 fully saturated rings. The number of hydrogen-bond acceptors (Lipinski definition) is 2. The molecular formula is C15H23I2N3S. The van der Waals surface area contributed by atoms with Gasteiger partial charge >= 0.3 is 0 Å². The molecule has 2 aliphatic rings. The summed E-state index contributed by atoms with van der Waals surface area (Å²) in [5, 5.41) is 3.54. The van der Waals surface area contributed by atoms with Crippen LogP contribution in [0.25, 0.3) is 0 Å². The molecule has 1 spiro atoms. The SMILES string of the molecule is CN=C(NCCc1ccc(I)s1)N1CCC2(CCC2)C1.I. The summed E-state index contributed by atoms with van der Waals surface area (Å²) in [6, 6.07) is 4.42. The van der Waals surface area contributed by atoms with Gasteiger partial charge in [-0.15, -0.1) is 35.3 Å². The molecule has 6 heteroatoms. The third kappa shape index (κ3) is 4.25. The smallest absolute Gasteiger partial charge is 0.193 e. The summed E-state index contributed by atoms with van der Waals surface area (Å²) >= 11 is 4.27. The summed E-state index contributed by atoms with van der Waals surface area (Å²) in [6.45, 7) is 3.37. The highest BCUT2D eigenvalue weighted by atomic mass is 127. The van der Waals surface area contributed by atoms with Crippen LogP contribution in [-0.4, -0.2) is 37.5 Å². The van der Waals surface area contributed by atoms with E-state index < -0.39 is 0 Å². The molecule has 1 aromatic heterocycles. The fourth-order valence-electron chi connectivity index (χ4n) is 3.32. The molecule has 0 atom stereocenters. The minimum absolute atomic E-state index is 0. The van der Waals surface area contributed by atoms with E-state index in [9.17, 15) is 0 Å². The maximum atomic E-state index is 4.46. The number of rotatable bonds is 3. The van der Waals surface area contributed by atoms with Crippen molar-refractivity contribution in [1.29, 1.82) is 0 Å². The van der Waals surface area contributed by atoms with E-state index in [1.165, 1.54) is 46.5 Å². The average Bonchev–Trinajstić information content (AvgIpc) is 3.01. The van der Waals surface area contributed by atoms with Gasteiger partial charge in [-0.2, -0.15) is 0 Å². The lowest BCUT2D eigenvalue weighted by Gasteiger charge is -2.38. The lowest BCUT2D eigenvalue weighted by molar-refractivity contribution is 0.151. The van der Waals surface area contributed by atoms with Crippen molar-refractivity contribution < 1.29 is 0 Å². The summed E-state index contributed by atoms with van der Waals surface area (Å²) in [7, 11) is 1.90. The Bertz CT molecular complexity index is 497. The number of aliphatic imine (C=N–C) groups is 1. The van der Waals surface area contributed by atoms with Crippen molar-refractivity contribution in [1.82, 2.24) is 10.2 Å². The standard InChI is InChI=1S/C15H22IN3S.HI/c1-17-14(18-9-5-12-3-4-13(16)20-12)19-10-8-15(11-19)6-2-7-15;/h3-4H,2,5-11H2,1H3,(H,17,18);1H. The zero-order valence-corrected chi connectivity index (χ0v) is 17.7. The minimum atomic E-state index is 0. The number of nitrogens with one attached hydrogen (secondary N) is 1. The quantitative estimate of drug-likeness (QED) is 0.364. The Morgan fingerprint density at radius 2 is 2.24 bits per heavy atom. The van der Waals surface area contributed by atoms with E-state index in [0.717, 1.165) is 18.9 Å². The topological polar surface area (TPSA) is 27.6 Å². The molecule has 0 amide bonds. The van der Waals surface area contributed by atoms with E-state index >= 15 is 0 Å². The monoisotopic (exact) mass is 531 g/mol. The predicted molar refractivity (Wildman–Crippen MR) is 110 cm³/mol. The summed E-state index contributed by atoms with van der Waals surface area (Å²) in [5.74, 6) is 1.10. The van der Waals surface area contributed by atoms with Gasteiger partial charge in [0.1, 0.15) is 0 Å². The fraction of sp³-hybridized carbons (Fsp3) is 0.667.